The zero-order chi connectivity index (χ0) is 25.7. The van der Waals surface area contributed by atoms with Crippen LogP contribution in [-0.2, 0) is 28.5 Å². The lowest BCUT2D eigenvalue weighted by Crippen LogP contribution is -2.49. The van der Waals surface area contributed by atoms with Gasteiger partial charge in [-0.25, -0.2) is 23.6 Å². The molecule has 0 bridgehead atoms. The molecule has 36 heavy (non-hydrogen) atoms. The first kappa shape index (κ1) is 24.7. The topological polar surface area (TPSA) is 135 Å². The summed E-state index contributed by atoms with van der Waals surface area (Å²) in [6, 6.07) is 3.26. The molecule has 1 aliphatic carbocycles. The molecule has 1 aliphatic heterocycles. The van der Waals surface area contributed by atoms with E-state index in [2.05, 4.69) is 32.4 Å². The van der Waals surface area contributed by atoms with E-state index in [1.807, 2.05) is 13.1 Å². The van der Waals surface area contributed by atoms with Crippen LogP contribution in [0.5, 0.6) is 0 Å². The number of piperazine rings is 1. The summed E-state index contributed by atoms with van der Waals surface area (Å²) in [5, 5.41) is 7.80. The molecule has 0 radical (unpaired) electrons. The number of aryl methyl sites for hydroxylation is 1. The number of nitrogens with zero attached hydrogens (tertiary/aromatic N) is 5. The third-order valence-electron chi connectivity index (χ3n) is 6.71. The van der Waals surface area contributed by atoms with Crippen molar-refractivity contribution in [3.05, 3.63) is 40.4 Å². The molecule has 2 fully saturated rings. The lowest BCUT2D eigenvalue weighted by molar-refractivity contribution is 0.264. The number of fused-ring (bicyclic) bond motifs is 1. The van der Waals surface area contributed by atoms with E-state index in [4.69, 9.17) is 9.82 Å². The molecular weight excluding hydrogens is 484 g/mol. The Kier molecular flexibility index (Phi) is 6.27. The van der Waals surface area contributed by atoms with Gasteiger partial charge in [-0.15, -0.1) is 0 Å². The van der Waals surface area contributed by atoms with E-state index in [0.717, 1.165) is 24.9 Å². The van der Waals surface area contributed by atoms with E-state index >= 15 is 0 Å². The van der Waals surface area contributed by atoms with E-state index in [9.17, 15) is 13.2 Å². The van der Waals surface area contributed by atoms with Gasteiger partial charge in [0.25, 0.3) is 5.56 Å². The smallest absolute Gasteiger partial charge is 0.263 e. The molecule has 1 aromatic carbocycles. The first-order valence-electron chi connectivity index (χ1n) is 12.0. The highest BCUT2D eigenvalue weighted by atomic mass is 32.2. The molecule has 13 heteroatoms. The number of aromatic nitrogens is 4. The van der Waals surface area contributed by atoms with Crippen LogP contribution in [0.1, 0.15) is 32.3 Å². The van der Waals surface area contributed by atoms with Crippen molar-refractivity contribution in [1.29, 1.82) is 0 Å². The minimum Gasteiger partial charge on any atom is -0.367 e. The average Bonchev–Trinajstić information content (AvgIpc) is 3.39. The standard InChI is InChI=1S/C23H32N8O4S/c1-15-12-30(8-7-24-15)19-10-17(36(33,34)28-23(2)5-6-23)9-18-20(19)26-22(27-35-4)31(21(18)32)14-16-11-25-29(3)13-16/h9-11,13,15,24,28H,5-8,12,14H2,1-4H3,(H,26,27)/t15-/m1/s1. The maximum atomic E-state index is 13.9. The lowest BCUT2D eigenvalue weighted by atomic mass is 10.1. The van der Waals surface area contributed by atoms with Gasteiger partial charge in [-0.2, -0.15) is 5.10 Å². The Morgan fingerprint density at radius 3 is 2.72 bits per heavy atom. The minimum absolute atomic E-state index is 0.0589. The summed E-state index contributed by atoms with van der Waals surface area (Å²) in [7, 11) is -0.605. The molecule has 0 amide bonds. The second-order valence-corrected chi connectivity index (χ2v) is 11.6. The van der Waals surface area contributed by atoms with Crippen molar-refractivity contribution in [2.24, 2.45) is 7.05 Å². The van der Waals surface area contributed by atoms with Gasteiger partial charge in [0.15, 0.2) is 0 Å². The van der Waals surface area contributed by atoms with Crippen molar-refractivity contribution in [3.63, 3.8) is 0 Å². The van der Waals surface area contributed by atoms with Crippen LogP contribution in [0.3, 0.4) is 0 Å². The van der Waals surface area contributed by atoms with E-state index in [1.54, 1.807) is 24.0 Å². The van der Waals surface area contributed by atoms with Gasteiger partial charge in [0.2, 0.25) is 16.0 Å². The van der Waals surface area contributed by atoms with E-state index in [-0.39, 0.29) is 34.4 Å². The van der Waals surface area contributed by atoms with Gasteiger partial charge in [-0.05, 0) is 38.8 Å². The van der Waals surface area contributed by atoms with Crippen molar-refractivity contribution >= 4 is 32.6 Å². The molecule has 0 spiro atoms. The second-order valence-electron chi connectivity index (χ2n) is 9.96. The molecular formula is C23H32N8O4S. The van der Waals surface area contributed by atoms with E-state index in [1.165, 1.54) is 17.7 Å². The molecule has 5 rings (SSSR count). The fourth-order valence-corrected chi connectivity index (χ4v) is 6.06. The Labute approximate surface area is 209 Å². The SMILES string of the molecule is CONc1nc2c(N3CCN[C@H](C)C3)cc(S(=O)(=O)NC3(C)CC3)cc2c(=O)n1Cc1cnn(C)c1. The predicted molar refractivity (Wildman–Crippen MR) is 137 cm³/mol. The van der Waals surface area contributed by atoms with Crippen LogP contribution < -0.4 is 26.0 Å². The van der Waals surface area contributed by atoms with Crippen LogP contribution in [0.15, 0.2) is 34.2 Å². The molecule has 0 unspecified atom stereocenters. The monoisotopic (exact) mass is 516 g/mol. The molecule has 1 atom stereocenters. The summed E-state index contributed by atoms with van der Waals surface area (Å²) in [4.78, 5) is 25.9. The van der Waals surface area contributed by atoms with Gasteiger partial charge < -0.3 is 10.2 Å². The van der Waals surface area contributed by atoms with Crippen LogP contribution in [-0.4, -0.2) is 66.1 Å². The Morgan fingerprint density at radius 1 is 1.31 bits per heavy atom. The predicted octanol–water partition coefficient (Wildman–Crippen LogP) is 0.781. The average molecular weight is 517 g/mol. The zero-order valence-corrected chi connectivity index (χ0v) is 21.7. The number of benzene rings is 1. The molecule has 12 nitrogen and oxygen atoms in total. The van der Waals surface area contributed by atoms with Gasteiger partial charge in [0.1, 0.15) is 5.52 Å². The number of anilines is 2. The summed E-state index contributed by atoms with van der Waals surface area (Å²) in [6.07, 6.45) is 5.05. The molecule has 1 saturated heterocycles. The molecule has 1 saturated carbocycles. The molecule has 3 heterocycles. The van der Waals surface area contributed by atoms with E-state index in [0.29, 0.717) is 24.3 Å². The van der Waals surface area contributed by atoms with E-state index < -0.39 is 15.6 Å². The summed E-state index contributed by atoms with van der Waals surface area (Å²) >= 11 is 0. The number of rotatable bonds is 8. The van der Waals surface area contributed by atoms with Gasteiger partial charge in [0, 0.05) is 50.0 Å². The van der Waals surface area contributed by atoms with Crippen molar-refractivity contribution in [2.45, 2.75) is 49.7 Å². The normalized spacial score (nSPS) is 19.6. The van der Waals surface area contributed by atoms with Gasteiger partial charge >= 0.3 is 0 Å². The van der Waals surface area contributed by atoms with Crippen molar-refractivity contribution in [2.75, 3.05) is 37.1 Å². The van der Waals surface area contributed by atoms with Gasteiger partial charge in [0.05, 0.1) is 35.8 Å². The Balaban J connectivity index is 1.72. The maximum Gasteiger partial charge on any atom is 0.263 e. The van der Waals surface area contributed by atoms with Crippen LogP contribution in [0.4, 0.5) is 11.6 Å². The highest BCUT2D eigenvalue weighted by Gasteiger charge is 2.41. The lowest BCUT2D eigenvalue weighted by Gasteiger charge is -2.34. The Morgan fingerprint density at radius 2 is 2.08 bits per heavy atom. The fraction of sp³-hybridized carbons (Fsp3) is 0.522. The Bertz CT molecular complexity index is 1460. The van der Waals surface area contributed by atoms with Crippen LogP contribution in [0.25, 0.3) is 10.9 Å². The summed E-state index contributed by atoms with van der Waals surface area (Å²) in [5.74, 6) is 0.225. The van der Waals surface area contributed by atoms with Gasteiger partial charge in [-0.3, -0.25) is 18.9 Å². The third kappa shape index (κ3) is 4.83. The molecule has 3 aromatic rings. The number of sulfonamides is 1. The molecule has 194 valence electrons. The van der Waals surface area contributed by atoms with Crippen molar-refractivity contribution < 1.29 is 13.3 Å². The van der Waals surface area contributed by atoms with Crippen LogP contribution >= 0.6 is 0 Å². The van der Waals surface area contributed by atoms with Crippen LogP contribution in [0, 0.1) is 0 Å². The quantitative estimate of drug-likeness (QED) is 0.371. The first-order valence-corrected chi connectivity index (χ1v) is 13.4. The summed E-state index contributed by atoms with van der Waals surface area (Å²) < 4.78 is 32.6. The number of hydrogen-bond donors (Lipinski definition) is 3. The molecule has 2 aromatic heterocycles. The fourth-order valence-electron chi connectivity index (χ4n) is 4.55. The highest BCUT2D eigenvalue weighted by Crippen LogP contribution is 2.37. The summed E-state index contributed by atoms with van der Waals surface area (Å²) in [6.45, 7) is 6.18. The molecule has 3 N–H and O–H groups in total. The third-order valence-corrected chi connectivity index (χ3v) is 8.32. The molecule has 2 aliphatic rings. The zero-order valence-electron chi connectivity index (χ0n) is 20.9. The summed E-state index contributed by atoms with van der Waals surface area (Å²) in [5.41, 5.74) is 3.73. The first-order chi connectivity index (χ1) is 17.1. The second kappa shape index (κ2) is 9.14. The minimum atomic E-state index is -3.85. The number of hydrogen-bond acceptors (Lipinski definition) is 9. The Hall–Kier alpha value is -3.00. The maximum absolute atomic E-state index is 13.9. The van der Waals surface area contributed by atoms with Crippen LogP contribution in [0.2, 0.25) is 0 Å². The van der Waals surface area contributed by atoms with Crippen molar-refractivity contribution in [3.8, 4) is 0 Å². The largest absolute Gasteiger partial charge is 0.367 e. The van der Waals surface area contributed by atoms with Crippen molar-refractivity contribution in [1.82, 2.24) is 29.4 Å². The van der Waals surface area contributed by atoms with Gasteiger partial charge in [-0.1, -0.05) is 0 Å². The number of nitrogens with one attached hydrogen (secondary N) is 3. The highest BCUT2D eigenvalue weighted by molar-refractivity contribution is 7.89.